The Labute approximate surface area is 128 Å². The first kappa shape index (κ1) is 15.7. The van der Waals surface area contributed by atoms with Gasteiger partial charge in [0.2, 0.25) is 0 Å². The summed E-state index contributed by atoms with van der Waals surface area (Å²) in [6, 6.07) is 7.80. The predicted octanol–water partition coefficient (Wildman–Crippen LogP) is 1.59. The molecule has 2 N–H and O–H groups in total. The lowest BCUT2D eigenvalue weighted by Crippen LogP contribution is -2.32. The minimum absolute atomic E-state index is 0.0127. The Morgan fingerprint density at radius 2 is 2.14 bits per heavy atom. The van der Waals surface area contributed by atoms with Gasteiger partial charge in [0.05, 0.1) is 11.7 Å². The fourth-order valence-electron chi connectivity index (χ4n) is 2.14. The SMILES string of the molecule is N#CC(=Cc1ccc(C(=O)O)cc1)C(=O)NCC1CCCO1. The molecule has 0 spiro atoms. The number of carboxylic acids is 1. The van der Waals surface area contributed by atoms with Gasteiger partial charge in [0.25, 0.3) is 5.91 Å². The summed E-state index contributed by atoms with van der Waals surface area (Å²) in [5.41, 5.74) is 0.716. The van der Waals surface area contributed by atoms with Crippen LogP contribution in [0.4, 0.5) is 0 Å². The van der Waals surface area contributed by atoms with Crippen molar-refractivity contribution in [2.75, 3.05) is 13.2 Å². The highest BCUT2D eigenvalue weighted by molar-refractivity contribution is 6.01. The smallest absolute Gasteiger partial charge is 0.335 e. The van der Waals surface area contributed by atoms with Crippen molar-refractivity contribution in [2.45, 2.75) is 18.9 Å². The molecule has 1 aliphatic heterocycles. The Morgan fingerprint density at radius 1 is 1.41 bits per heavy atom. The molecule has 0 aliphatic carbocycles. The lowest BCUT2D eigenvalue weighted by atomic mass is 10.1. The van der Waals surface area contributed by atoms with E-state index in [0.29, 0.717) is 18.7 Å². The molecule has 1 aromatic rings. The fraction of sp³-hybridized carbons (Fsp3) is 0.312. The average Bonchev–Trinajstić information content (AvgIpc) is 3.04. The number of hydrogen-bond acceptors (Lipinski definition) is 4. The van der Waals surface area contributed by atoms with Crippen molar-refractivity contribution in [1.29, 1.82) is 5.26 Å². The van der Waals surface area contributed by atoms with Crippen LogP contribution in [0.3, 0.4) is 0 Å². The summed E-state index contributed by atoms with van der Waals surface area (Å²) in [6.07, 6.45) is 3.33. The van der Waals surface area contributed by atoms with Gasteiger partial charge in [0, 0.05) is 13.2 Å². The van der Waals surface area contributed by atoms with Gasteiger partial charge in [-0.1, -0.05) is 12.1 Å². The number of hydrogen-bond donors (Lipinski definition) is 2. The highest BCUT2D eigenvalue weighted by Gasteiger charge is 2.17. The van der Waals surface area contributed by atoms with Crippen LogP contribution in [-0.2, 0) is 9.53 Å². The van der Waals surface area contributed by atoms with Crippen LogP contribution in [0.5, 0.6) is 0 Å². The number of benzene rings is 1. The first-order valence-corrected chi connectivity index (χ1v) is 6.95. The van der Waals surface area contributed by atoms with E-state index in [1.165, 1.54) is 18.2 Å². The maximum absolute atomic E-state index is 12.0. The zero-order valence-electron chi connectivity index (χ0n) is 11.9. The number of carboxylic acid groups (broad SMARTS) is 1. The van der Waals surface area contributed by atoms with Crippen molar-refractivity contribution in [2.24, 2.45) is 0 Å². The zero-order chi connectivity index (χ0) is 15.9. The molecule has 2 rings (SSSR count). The van der Waals surface area contributed by atoms with Crippen LogP contribution >= 0.6 is 0 Å². The highest BCUT2D eigenvalue weighted by atomic mass is 16.5. The molecule has 1 aliphatic rings. The van der Waals surface area contributed by atoms with E-state index < -0.39 is 11.9 Å². The molecule has 0 aromatic heterocycles. The van der Waals surface area contributed by atoms with E-state index >= 15 is 0 Å². The van der Waals surface area contributed by atoms with Gasteiger partial charge in [-0.2, -0.15) is 5.26 Å². The van der Waals surface area contributed by atoms with E-state index in [1.807, 2.05) is 6.07 Å². The number of carbonyl (C=O) groups excluding carboxylic acids is 1. The van der Waals surface area contributed by atoms with Gasteiger partial charge < -0.3 is 15.2 Å². The monoisotopic (exact) mass is 300 g/mol. The van der Waals surface area contributed by atoms with E-state index in [1.54, 1.807) is 12.1 Å². The van der Waals surface area contributed by atoms with E-state index in [0.717, 1.165) is 12.8 Å². The minimum atomic E-state index is -1.02. The second-order valence-electron chi connectivity index (χ2n) is 4.94. The quantitative estimate of drug-likeness (QED) is 0.635. The predicted molar refractivity (Wildman–Crippen MR) is 79.0 cm³/mol. The first-order chi connectivity index (χ1) is 10.6. The van der Waals surface area contributed by atoms with Crippen LogP contribution in [0.15, 0.2) is 29.8 Å². The molecule has 6 nitrogen and oxygen atoms in total. The van der Waals surface area contributed by atoms with Gasteiger partial charge in [0.15, 0.2) is 0 Å². The molecule has 1 unspecified atom stereocenters. The molecule has 1 heterocycles. The van der Waals surface area contributed by atoms with Crippen LogP contribution in [0.2, 0.25) is 0 Å². The Hall–Kier alpha value is -2.65. The maximum Gasteiger partial charge on any atom is 0.335 e. The molecule has 0 radical (unpaired) electrons. The van der Waals surface area contributed by atoms with Crippen molar-refractivity contribution in [1.82, 2.24) is 5.32 Å². The highest BCUT2D eigenvalue weighted by Crippen LogP contribution is 2.12. The Bertz CT molecular complexity index is 623. The minimum Gasteiger partial charge on any atom is -0.478 e. The number of carbonyl (C=O) groups is 2. The van der Waals surface area contributed by atoms with Crippen molar-refractivity contribution < 1.29 is 19.4 Å². The van der Waals surface area contributed by atoms with Crippen LogP contribution in [0.1, 0.15) is 28.8 Å². The van der Waals surface area contributed by atoms with Crippen molar-refractivity contribution in [3.63, 3.8) is 0 Å². The number of nitrogens with one attached hydrogen (secondary N) is 1. The normalized spacial score (nSPS) is 17.8. The molecule has 0 saturated carbocycles. The third-order valence-corrected chi connectivity index (χ3v) is 3.35. The number of amides is 1. The topological polar surface area (TPSA) is 99.4 Å². The maximum atomic E-state index is 12.0. The number of rotatable bonds is 5. The van der Waals surface area contributed by atoms with Gasteiger partial charge in [-0.05, 0) is 36.6 Å². The summed E-state index contributed by atoms with van der Waals surface area (Å²) in [7, 11) is 0. The summed E-state index contributed by atoms with van der Waals surface area (Å²) < 4.78 is 5.40. The van der Waals surface area contributed by atoms with Crippen molar-refractivity contribution in [3.8, 4) is 6.07 Å². The van der Waals surface area contributed by atoms with E-state index in [4.69, 9.17) is 15.1 Å². The second-order valence-corrected chi connectivity index (χ2v) is 4.94. The second kappa shape index (κ2) is 7.38. The summed E-state index contributed by atoms with van der Waals surface area (Å²) >= 11 is 0. The Morgan fingerprint density at radius 3 is 2.68 bits per heavy atom. The summed E-state index contributed by atoms with van der Waals surface area (Å²) in [6.45, 7) is 1.09. The molecule has 0 bridgehead atoms. The summed E-state index contributed by atoms with van der Waals surface area (Å²) in [5, 5.41) is 20.6. The van der Waals surface area contributed by atoms with Gasteiger partial charge in [-0.15, -0.1) is 0 Å². The van der Waals surface area contributed by atoms with Crippen LogP contribution in [-0.4, -0.2) is 36.2 Å². The van der Waals surface area contributed by atoms with Crippen LogP contribution in [0.25, 0.3) is 6.08 Å². The van der Waals surface area contributed by atoms with Gasteiger partial charge in [0.1, 0.15) is 11.6 Å². The van der Waals surface area contributed by atoms with Crippen LogP contribution < -0.4 is 5.32 Å². The number of ether oxygens (including phenoxy) is 1. The van der Waals surface area contributed by atoms with Crippen LogP contribution in [0, 0.1) is 11.3 Å². The fourth-order valence-corrected chi connectivity index (χ4v) is 2.14. The Balaban J connectivity index is 2.01. The third kappa shape index (κ3) is 4.17. The van der Waals surface area contributed by atoms with E-state index in [-0.39, 0.29) is 17.2 Å². The number of nitriles is 1. The number of nitrogens with zero attached hydrogens (tertiary/aromatic N) is 1. The number of aromatic carboxylic acids is 1. The lowest BCUT2D eigenvalue weighted by molar-refractivity contribution is -0.117. The standard InChI is InChI=1S/C16H16N2O4/c17-9-13(15(19)18-10-14-2-1-7-22-14)8-11-3-5-12(6-4-11)16(20)21/h3-6,8,14H,1-2,7,10H2,(H,18,19)(H,20,21). The third-order valence-electron chi connectivity index (χ3n) is 3.35. The van der Waals surface area contributed by atoms with Gasteiger partial charge in [-0.25, -0.2) is 4.79 Å². The van der Waals surface area contributed by atoms with E-state index in [9.17, 15) is 9.59 Å². The first-order valence-electron chi connectivity index (χ1n) is 6.95. The molecule has 1 atom stereocenters. The Kier molecular flexibility index (Phi) is 5.28. The molecule has 114 valence electrons. The molecule has 1 aromatic carbocycles. The van der Waals surface area contributed by atoms with Gasteiger partial charge in [-0.3, -0.25) is 4.79 Å². The molecule has 1 fully saturated rings. The molecule has 22 heavy (non-hydrogen) atoms. The average molecular weight is 300 g/mol. The van der Waals surface area contributed by atoms with Crippen molar-refractivity contribution in [3.05, 3.63) is 41.0 Å². The molecular formula is C16H16N2O4. The lowest BCUT2D eigenvalue weighted by Gasteiger charge is -2.10. The zero-order valence-corrected chi connectivity index (χ0v) is 11.9. The molecule has 6 heteroatoms. The molecule has 1 saturated heterocycles. The van der Waals surface area contributed by atoms with E-state index in [2.05, 4.69) is 5.32 Å². The molecule has 1 amide bonds. The van der Waals surface area contributed by atoms with Gasteiger partial charge >= 0.3 is 5.97 Å². The largest absolute Gasteiger partial charge is 0.478 e. The summed E-state index contributed by atoms with van der Waals surface area (Å²) in [5.74, 6) is -1.48. The van der Waals surface area contributed by atoms with Crippen molar-refractivity contribution >= 4 is 18.0 Å². The summed E-state index contributed by atoms with van der Waals surface area (Å²) in [4.78, 5) is 22.7. The molecular weight excluding hydrogens is 284 g/mol.